The Morgan fingerprint density at radius 3 is 2.15 bits per heavy atom. The third kappa shape index (κ3) is 3.30. The van der Waals surface area contributed by atoms with E-state index in [1.54, 1.807) is 11.8 Å². The van der Waals surface area contributed by atoms with Crippen molar-refractivity contribution in [1.82, 2.24) is 0 Å². The minimum Gasteiger partial charge on any atom is -0.478 e. The Morgan fingerprint density at radius 1 is 1.10 bits per heavy atom. The molecule has 1 aromatic carbocycles. The summed E-state index contributed by atoms with van der Waals surface area (Å²) in [5.41, 5.74) is -0.133. The minimum atomic E-state index is -1.24. The molecule has 1 amide bonds. The van der Waals surface area contributed by atoms with Gasteiger partial charge in [0.05, 0.1) is 11.1 Å². The van der Waals surface area contributed by atoms with E-state index in [-0.39, 0.29) is 28.6 Å². The van der Waals surface area contributed by atoms with Gasteiger partial charge >= 0.3 is 11.9 Å². The quantitative estimate of drug-likeness (QED) is 0.782. The van der Waals surface area contributed by atoms with Crippen molar-refractivity contribution < 1.29 is 24.6 Å². The SMILES string of the molecule is O=C(O)c1cc(NC(=O)C2CCSC2)cc(C(=O)O)c1. The highest BCUT2D eigenvalue weighted by Gasteiger charge is 2.23. The van der Waals surface area contributed by atoms with E-state index in [2.05, 4.69) is 5.32 Å². The molecule has 2 rings (SSSR count). The van der Waals surface area contributed by atoms with Crippen LogP contribution in [0.4, 0.5) is 5.69 Å². The summed E-state index contributed by atoms with van der Waals surface area (Å²) in [5.74, 6) is -1.13. The molecular formula is C13H13NO5S. The van der Waals surface area contributed by atoms with E-state index in [0.29, 0.717) is 0 Å². The molecule has 20 heavy (non-hydrogen) atoms. The minimum absolute atomic E-state index is 0.109. The molecule has 6 nitrogen and oxygen atoms in total. The van der Waals surface area contributed by atoms with Gasteiger partial charge in [0, 0.05) is 17.4 Å². The van der Waals surface area contributed by atoms with Crippen molar-refractivity contribution in [2.75, 3.05) is 16.8 Å². The molecule has 1 aliphatic heterocycles. The van der Waals surface area contributed by atoms with Gasteiger partial charge in [0.2, 0.25) is 5.91 Å². The third-order valence-corrected chi connectivity index (χ3v) is 4.16. The fraction of sp³-hybridized carbons (Fsp3) is 0.308. The summed E-state index contributed by atoms with van der Waals surface area (Å²) >= 11 is 1.69. The van der Waals surface area contributed by atoms with Gasteiger partial charge in [0.15, 0.2) is 0 Å². The number of carbonyl (C=O) groups excluding carboxylic acids is 1. The van der Waals surface area contributed by atoms with Gasteiger partial charge in [0.25, 0.3) is 0 Å². The lowest BCUT2D eigenvalue weighted by molar-refractivity contribution is -0.119. The Hall–Kier alpha value is -2.02. The maximum atomic E-state index is 12.0. The molecule has 1 fully saturated rings. The van der Waals surface area contributed by atoms with Crippen LogP contribution in [0.15, 0.2) is 18.2 Å². The number of nitrogens with one attached hydrogen (secondary N) is 1. The van der Waals surface area contributed by atoms with Gasteiger partial charge < -0.3 is 15.5 Å². The first-order valence-electron chi connectivity index (χ1n) is 5.97. The average Bonchev–Trinajstić information content (AvgIpc) is 2.92. The molecule has 0 saturated carbocycles. The molecule has 1 saturated heterocycles. The number of amides is 1. The van der Waals surface area contributed by atoms with Crippen LogP contribution in [-0.2, 0) is 4.79 Å². The molecule has 0 spiro atoms. The summed E-state index contributed by atoms with van der Waals surface area (Å²) in [5, 5.41) is 20.5. The van der Waals surface area contributed by atoms with Gasteiger partial charge in [-0.25, -0.2) is 9.59 Å². The molecule has 0 radical (unpaired) electrons. The van der Waals surface area contributed by atoms with E-state index < -0.39 is 11.9 Å². The van der Waals surface area contributed by atoms with E-state index in [1.807, 2.05) is 0 Å². The smallest absolute Gasteiger partial charge is 0.335 e. The summed E-state index contributed by atoms with van der Waals surface area (Å²) < 4.78 is 0. The first-order valence-corrected chi connectivity index (χ1v) is 7.13. The van der Waals surface area contributed by atoms with Crippen molar-refractivity contribution in [2.24, 2.45) is 5.92 Å². The second-order valence-electron chi connectivity index (χ2n) is 4.46. The first-order chi connectivity index (χ1) is 9.47. The molecule has 1 aliphatic rings. The van der Waals surface area contributed by atoms with Crippen LogP contribution in [0.5, 0.6) is 0 Å². The number of carboxylic acid groups (broad SMARTS) is 2. The number of anilines is 1. The molecule has 1 aromatic rings. The van der Waals surface area contributed by atoms with E-state index >= 15 is 0 Å². The van der Waals surface area contributed by atoms with Crippen molar-refractivity contribution in [2.45, 2.75) is 6.42 Å². The number of benzene rings is 1. The molecule has 1 atom stereocenters. The number of carbonyl (C=O) groups is 3. The standard InChI is InChI=1S/C13H13NO5S/c15-11(7-1-2-20-6-7)14-10-4-8(12(16)17)3-9(5-10)13(18)19/h3-5,7H,1-2,6H2,(H,14,15)(H,16,17)(H,18,19). The van der Waals surface area contributed by atoms with Gasteiger partial charge in [-0.3, -0.25) is 4.79 Å². The Bertz CT molecular complexity index is 534. The van der Waals surface area contributed by atoms with Crippen molar-refractivity contribution in [3.8, 4) is 0 Å². The van der Waals surface area contributed by atoms with Crippen LogP contribution in [0.3, 0.4) is 0 Å². The van der Waals surface area contributed by atoms with Crippen molar-refractivity contribution in [3.63, 3.8) is 0 Å². The van der Waals surface area contributed by atoms with Gasteiger partial charge in [-0.1, -0.05) is 0 Å². The van der Waals surface area contributed by atoms with Crippen LogP contribution in [0.2, 0.25) is 0 Å². The Kier molecular flexibility index (Phi) is 4.29. The molecule has 0 bridgehead atoms. The number of aromatic carboxylic acids is 2. The van der Waals surface area contributed by atoms with E-state index in [4.69, 9.17) is 10.2 Å². The highest BCUT2D eigenvalue weighted by Crippen LogP contribution is 2.25. The Balaban J connectivity index is 2.23. The van der Waals surface area contributed by atoms with Gasteiger partial charge in [-0.2, -0.15) is 11.8 Å². The molecule has 1 unspecified atom stereocenters. The highest BCUT2D eigenvalue weighted by molar-refractivity contribution is 7.99. The van der Waals surface area contributed by atoms with Crippen LogP contribution < -0.4 is 5.32 Å². The fourth-order valence-corrected chi connectivity index (χ4v) is 3.15. The fourth-order valence-electron chi connectivity index (χ4n) is 1.93. The normalized spacial score (nSPS) is 17.7. The highest BCUT2D eigenvalue weighted by atomic mass is 32.2. The monoisotopic (exact) mass is 295 g/mol. The van der Waals surface area contributed by atoms with Gasteiger partial charge in [-0.15, -0.1) is 0 Å². The Labute approximate surface area is 119 Å². The largest absolute Gasteiger partial charge is 0.478 e. The predicted molar refractivity (Wildman–Crippen MR) is 74.4 cm³/mol. The molecule has 0 aromatic heterocycles. The zero-order valence-electron chi connectivity index (χ0n) is 10.5. The summed E-state index contributed by atoms with van der Waals surface area (Å²) in [6.07, 6.45) is 0.779. The summed E-state index contributed by atoms with van der Waals surface area (Å²) in [4.78, 5) is 33.9. The maximum Gasteiger partial charge on any atom is 0.335 e. The zero-order valence-corrected chi connectivity index (χ0v) is 11.3. The first kappa shape index (κ1) is 14.4. The molecule has 0 aliphatic carbocycles. The second kappa shape index (κ2) is 5.96. The summed E-state index contributed by atoms with van der Waals surface area (Å²) in [6.45, 7) is 0. The average molecular weight is 295 g/mol. The molecule has 106 valence electrons. The number of carboxylic acids is 2. The lowest BCUT2D eigenvalue weighted by Crippen LogP contribution is -2.22. The molecule has 7 heteroatoms. The van der Waals surface area contributed by atoms with Crippen LogP contribution in [-0.4, -0.2) is 39.6 Å². The van der Waals surface area contributed by atoms with E-state index in [9.17, 15) is 14.4 Å². The van der Waals surface area contributed by atoms with Crippen LogP contribution in [0.1, 0.15) is 27.1 Å². The van der Waals surface area contributed by atoms with Crippen LogP contribution in [0, 0.1) is 5.92 Å². The summed E-state index contributed by atoms with van der Waals surface area (Å²) in [6, 6.07) is 3.58. The van der Waals surface area contributed by atoms with E-state index in [1.165, 1.54) is 12.1 Å². The molecule has 1 heterocycles. The number of rotatable bonds is 4. The number of thioether (sulfide) groups is 1. The molecule has 3 N–H and O–H groups in total. The summed E-state index contributed by atoms with van der Waals surface area (Å²) in [7, 11) is 0. The number of hydrogen-bond donors (Lipinski definition) is 3. The van der Waals surface area contributed by atoms with E-state index in [0.717, 1.165) is 24.0 Å². The second-order valence-corrected chi connectivity index (χ2v) is 5.61. The van der Waals surface area contributed by atoms with Crippen LogP contribution >= 0.6 is 11.8 Å². The number of hydrogen-bond acceptors (Lipinski definition) is 4. The van der Waals surface area contributed by atoms with Gasteiger partial charge in [-0.05, 0) is 30.4 Å². The lowest BCUT2D eigenvalue weighted by atomic mass is 10.1. The van der Waals surface area contributed by atoms with Crippen molar-refractivity contribution >= 4 is 35.3 Å². The Morgan fingerprint density at radius 2 is 1.70 bits per heavy atom. The third-order valence-electron chi connectivity index (χ3n) is 2.99. The van der Waals surface area contributed by atoms with Crippen molar-refractivity contribution in [1.29, 1.82) is 0 Å². The topological polar surface area (TPSA) is 104 Å². The van der Waals surface area contributed by atoms with Crippen molar-refractivity contribution in [3.05, 3.63) is 29.3 Å². The predicted octanol–water partition coefficient (Wildman–Crippen LogP) is 1.77. The molecular weight excluding hydrogens is 282 g/mol. The zero-order chi connectivity index (χ0) is 14.7. The lowest BCUT2D eigenvalue weighted by Gasteiger charge is -2.11. The van der Waals surface area contributed by atoms with Gasteiger partial charge in [0.1, 0.15) is 0 Å². The van der Waals surface area contributed by atoms with Crippen LogP contribution in [0.25, 0.3) is 0 Å². The maximum absolute atomic E-state index is 12.0.